The molecule has 20 heavy (non-hydrogen) atoms. The average Bonchev–Trinajstić information content (AvgIpc) is 2.46. The third kappa shape index (κ3) is 4.24. The Morgan fingerprint density at radius 3 is 2.65 bits per heavy atom. The van der Waals surface area contributed by atoms with Gasteiger partial charge in [-0.05, 0) is 19.1 Å². The Kier molecular flexibility index (Phi) is 6.52. The van der Waals surface area contributed by atoms with Crippen LogP contribution in [0.25, 0.3) is 0 Å². The molecular formula is C15H19N3O2. The van der Waals surface area contributed by atoms with E-state index >= 15 is 0 Å². The topological polar surface area (TPSA) is 80.3 Å². The summed E-state index contributed by atoms with van der Waals surface area (Å²) in [5.74, 6) is 0. The van der Waals surface area contributed by atoms with E-state index in [-0.39, 0.29) is 0 Å². The van der Waals surface area contributed by atoms with Crippen LogP contribution in [-0.2, 0) is 4.74 Å². The molecule has 106 valence electrons. The minimum atomic E-state index is -0.634. The summed E-state index contributed by atoms with van der Waals surface area (Å²) < 4.78 is 5.08. The van der Waals surface area contributed by atoms with E-state index in [1.54, 1.807) is 32.2 Å². The number of anilines is 1. The molecule has 1 atom stereocenters. The quantitative estimate of drug-likeness (QED) is 0.821. The van der Waals surface area contributed by atoms with Gasteiger partial charge in [-0.1, -0.05) is 6.07 Å². The van der Waals surface area contributed by atoms with E-state index in [1.807, 2.05) is 4.90 Å². The fourth-order valence-corrected chi connectivity index (χ4v) is 1.98. The summed E-state index contributed by atoms with van der Waals surface area (Å²) >= 11 is 0. The zero-order valence-corrected chi connectivity index (χ0v) is 11.8. The lowest BCUT2D eigenvalue weighted by molar-refractivity contribution is 0.197. The monoisotopic (exact) mass is 273 g/mol. The molecule has 1 N–H and O–H groups in total. The molecule has 0 saturated heterocycles. The fraction of sp³-hybridized carbons (Fsp3) is 0.467. The molecule has 0 aliphatic rings. The van der Waals surface area contributed by atoms with Crippen LogP contribution in [0.3, 0.4) is 0 Å². The van der Waals surface area contributed by atoms with E-state index in [0.717, 1.165) is 11.3 Å². The van der Waals surface area contributed by atoms with Crippen LogP contribution in [0.15, 0.2) is 18.2 Å². The van der Waals surface area contributed by atoms with Crippen LogP contribution < -0.4 is 4.90 Å². The summed E-state index contributed by atoms with van der Waals surface area (Å²) in [7, 11) is 1.61. The van der Waals surface area contributed by atoms with E-state index < -0.39 is 6.10 Å². The second-order valence-electron chi connectivity index (χ2n) is 4.45. The second-order valence-corrected chi connectivity index (χ2v) is 4.45. The fourth-order valence-electron chi connectivity index (χ4n) is 1.98. The molecule has 5 nitrogen and oxygen atoms in total. The molecule has 0 amide bonds. The van der Waals surface area contributed by atoms with Crippen molar-refractivity contribution in [2.45, 2.75) is 19.4 Å². The van der Waals surface area contributed by atoms with Crippen molar-refractivity contribution in [3.63, 3.8) is 0 Å². The molecule has 0 spiro atoms. The van der Waals surface area contributed by atoms with Crippen molar-refractivity contribution in [1.82, 2.24) is 0 Å². The van der Waals surface area contributed by atoms with Gasteiger partial charge in [0.25, 0.3) is 0 Å². The predicted octanol–water partition coefficient (Wildman–Crippen LogP) is 1.98. The van der Waals surface area contributed by atoms with Gasteiger partial charge in [0.15, 0.2) is 0 Å². The van der Waals surface area contributed by atoms with E-state index in [4.69, 9.17) is 15.3 Å². The van der Waals surface area contributed by atoms with Gasteiger partial charge in [0.1, 0.15) is 0 Å². The van der Waals surface area contributed by atoms with Gasteiger partial charge in [0, 0.05) is 31.5 Å². The van der Waals surface area contributed by atoms with Gasteiger partial charge in [-0.2, -0.15) is 10.5 Å². The van der Waals surface area contributed by atoms with Gasteiger partial charge in [-0.15, -0.1) is 0 Å². The third-order valence-corrected chi connectivity index (χ3v) is 3.01. The van der Waals surface area contributed by atoms with Gasteiger partial charge < -0.3 is 14.7 Å². The van der Waals surface area contributed by atoms with E-state index in [9.17, 15) is 5.11 Å². The Morgan fingerprint density at radius 1 is 1.35 bits per heavy atom. The zero-order valence-electron chi connectivity index (χ0n) is 11.8. The molecule has 0 aromatic heterocycles. The van der Waals surface area contributed by atoms with Crippen LogP contribution in [0.2, 0.25) is 0 Å². The third-order valence-electron chi connectivity index (χ3n) is 3.01. The Balaban J connectivity index is 3.14. The normalized spacial score (nSPS) is 11.4. The number of rotatable bonds is 7. The molecule has 0 fully saturated rings. The van der Waals surface area contributed by atoms with Crippen LogP contribution in [0.4, 0.5) is 5.69 Å². The number of nitriles is 2. The van der Waals surface area contributed by atoms with Crippen molar-refractivity contribution in [1.29, 1.82) is 10.5 Å². The smallest absolute Gasteiger partial charge is 0.0992 e. The molecule has 1 aromatic rings. The number of methoxy groups -OCH3 is 1. The van der Waals surface area contributed by atoms with Crippen molar-refractivity contribution in [2.75, 3.05) is 31.7 Å². The molecule has 0 radical (unpaired) electrons. The minimum absolute atomic E-state index is 0.375. The molecule has 1 aromatic carbocycles. The maximum absolute atomic E-state index is 9.86. The van der Waals surface area contributed by atoms with Crippen LogP contribution in [-0.4, -0.2) is 31.9 Å². The molecule has 1 rings (SSSR count). The first kappa shape index (κ1) is 16.0. The van der Waals surface area contributed by atoms with Crippen LogP contribution >= 0.6 is 0 Å². The number of hydrogen-bond acceptors (Lipinski definition) is 5. The predicted molar refractivity (Wildman–Crippen MR) is 76.1 cm³/mol. The van der Waals surface area contributed by atoms with Crippen molar-refractivity contribution in [2.24, 2.45) is 0 Å². The highest BCUT2D eigenvalue weighted by Crippen LogP contribution is 2.27. The lowest BCUT2D eigenvalue weighted by atomic mass is 10.0. The maximum Gasteiger partial charge on any atom is 0.0992 e. The summed E-state index contributed by atoms with van der Waals surface area (Å²) in [6.45, 7) is 3.34. The van der Waals surface area contributed by atoms with Gasteiger partial charge in [0.2, 0.25) is 0 Å². The Morgan fingerprint density at radius 2 is 2.10 bits per heavy atom. The minimum Gasteiger partial charge on any atom is -0.389 e. The highest BCUT2D eigenvalue weighted by Gasteiger charge is 2.15. The van der Waals surface area contributed by atoms with E-state index in [1.165, 1.54) is 0 Å². The highest BCUT2D eigenvalue weighted by atomic mass is 16.5. The number of benzene rings is 1. The van der Waals surface area contributed by atoms with Crippen molar-refractivity contribution < 1.29 is 9.84 Å². The Labute approximate surface area is 119 Å². The lowest BCUT2D eigenvalue weighted by Gasteiger charge is -2.27. The Bertz CT molecular complexity index is 515. The second kappa shape index (κ2) is 8.16. The molecule has 0 saturated carbocycles. The average molecular weight is 273 g/mol. The van der Waals surface area contributed by atoms with Crippen molar-refractivity contribution in [3.8, 4) is 12.1 Å². The molecule has 0 unspecified atom stereocenters. The largest absolute Gasteiger partial charge is 0.389 e. The first-order chi connectivity index (χ1) is 9.63. The number of hydrogen-bond donors (Lipinski definition) is 1. The Hall–Kier alpha value is -2.08. The van der Waals surface area contributed by atoms with Gasteiger partial charge in [0.05, 0.1) is 36.8 Å². The van der Waals surface area contributed by atoms with Crippen molar-refractivity contribution >= 4 is 5.69 Å². The molecule has 5 heteroatoms. The van der Waals surface area contributed by atoms with Crippen LogP contribution in [0, 0.1) is 22.7 Å². The van der Waals surface area contributed by atoms with E-state index in [2.05, 4.69) is 12.1 Å². The summed E-state index contributed by atoms with van der Waals surface area (Å²) in [5, 5.41) is 27.6. The number of aliphatic hydroxyl groups is 1. The van der Waals surface area contributed by atoms with Crippen molar-refractivity contribution in [3.05, 3.63) is 29.3 Å². The molecule has 0 bridgehead atoms. The summed E-state index contributed by atoms with van der Waals surface area (Å²) in [5.41, 5.74) is 2.06. The first-order valence-electron chi connectivity index (χ1n) is 6.47. The lowest BCUT2D eigenvalue weighted by Crippen LogP contribution is -2.29. The first-order valence-corrected chi connectivity index (χ1v) is 6.47. The van der Waals surface area contributed by atoms with Gasteiger partial charge >= 0.3 is 0 Å². The van der Waals surface area contributed by atoms with Gasteiger partial charge in [-0.25, -0.2) is 0 Å². The zero-order chi connectivity index (χ0) is 15.0. The molecule has 0 aliphatic carbocycles. The summed E-state index contributed by atoms with van der Waals surface area (Å²) in [4.78, 5) is 1.97. The van der Waals surface area contributed by atoms with E-state index in [0.29, 0.717) is 31.7 Å². The van der Waals surface area contributed by atoms with Gasteiger partial charge in [-0.3, -0.25) is 0 Å². The highest BCUT2D eigenvalue weighted by molar-refractivity contribution is 5.58. The maximum atomic E-state index is 9.86. The number of ether oxygens (including phenoxy) is 1. The van der Waals surface area contributed by atoms with Crippen LogP contribution in [0.5, 0.6) is 0 Å². The molecule has 0 heterocycles. The molecule has 0 aliphatic heterocycles. The summed E-state index contributed by atoms with van der Waals surface area (Å²) in [6.07, 6.45) is -0.260. The number of aliphatic hydroxyl groups excluding tert-OH is 1. The number of nitrogens with zero attached hydrogens (tertiary/aromatic N) is 3. The standard InChI is InChI=1S/C15H19N3O2/c1-12(19)14-5-4-13(11-17)10-15(14)18(7-3-6-16)8-9-20-2/h4-5,10,12,19H,3,7-9H2,1-2H3/t12-/m0/s1. The summed E-state index contributed by atoms with van der Waals surface area (Å²) in [6, 6.07) is 9.39. The molecular weight excluding hydrogens is 254 g/mol. The van der Waals surface area contributed by atoms with Crippen LogP contribution in [0.1, 0.15) is 30.6 Å². The SMILES string of the molecule is COCCN(CCC#N)c1cc(C#N)ccc1[C@H](C)O.